The van der Waals surface area contributed by atoms with Gasteiger partial charge in [0.1, 0.15) is 6.04 Å². The van der Waals surface area contributed by atoms with Crippen LogP contribution in [0, 0.1) is 5.82 Å². The smallest absolute Gasteiger partial charge is 0.412 e. The minimum absolute atomic E-state index is 0.0908. The third-order valence-electron chi connectivity index (χ3n) is 7.92. The maximum Gasteiger partial charge on any atom is 0.412 e. The number of halogens is 2. The molecule has 4 aromatic rings. The van der Waals surface area contributed by atoms with Gasteiger partial charge in [-0.3, -0.25) is 24.3 Å². The number of rotatable bonds is 5. The second kappa shape index (κ2) is 10.6. The number of carbonyl (C=O) groups is 3. The lowest BCUT2D eigenvalue weighted by Gasteiger charge is -2.45. The summed E-state index contributed by atoms with van der Waals surface area (Å²) in [6.07, 6.45) is 0.115. The fourth-order valence-electron chi connectivity index (χ4n) is 6.04. The number of fused-ring (bicyclic) bond motifs is 3. The molecule has 1 saturated heterocycles. The number of amides is 3. The van der Waals surface area contributed by atoms with Crippen molar-refractivity contribution in [1.82, 2.24) is 9.47 Å². The third kappa shape index (κ3) is 4.77. The summed E-state index contributed by atoms with van der Waals surface area (Å²) < 4.78 is 22.6. The lowest BCUT2D eigenvalue weighted by atomic mass is 9.82. The number of likely N-dealkylation sites (tertiary alicyclic amines) is 1. The van der Waals surface area contributed by atoms with Crippen LogP contribution in [0.25, 0.3) is 10.9 Å². The molecule has 11 heteroatoms. The molecular formula is C31H26ClFN4O5. The molecule has 1 spiro atoms. The minimum Gasteiger partial charge on any atom is -0.436 e. The van der Waals surface area contributed by atoms with Crippen LogP contribution in [0.2, 0.25) is 5.02 Å². The van der Waals surface area contributed by atoms with E-state index in [-0.39, 0.29) is 41.2 Å². The van der Waals surface area contributed by atoms with E-state index in [0.717, 1.165) is 5.56 Å². The van der Waals surface area contributed by atoms with E-state index in [9.17, 15) is 19.2 Å². The Morgan fingerprint density at radius 3 is 2.62 bits per heavy atom. The molecule has 42 heavy (non-hydrogen) atoms. The van der Waals surface area contributed by atoms with Crippen molar-refractivity contribution in [2.24, 2.45) is 5.73 Å². The number of primary amides is 1. The van der Waals surface area contributed by atoms with Crippen molar-refractivity contribution in [2.75, 3.05) is 18.4 Å². The fraction of sp³-hybridized carbons (Fsp3) is 0.226. The van der Waals surface area contributed by atoms with Crippen LogP contribution >= 0.6 is 11.6 Å². The van der Waals surface area contributed by atoms with E-state index in [0.29, 0.717) is 23.9 Å². The number of piperidine rings is 1. The van der Waals surface area contributed by atoms with E-state index < -0.39 is 40.9 Å². The van der Waals surface area contributed by atoms with Gasteiger partial charge in [-0.15, -0.1) is 0 Å². The molecule has 0 saturated carbocycles. The number of pyridine rings is 1. The molecule has 1 aromatic heterocycles. The highest BCUT2D eigenvalue weighted by molar-refractivity contribution is 6.31. The Bertz CT molecular complexity index is 1810. The highest BCUT2D eigenvalue weighted by atomic mass is 35.5. The Morgan fingerprint density at radius 2 is 1.86 bits per heavy atom. The van der Waals surface area contributed by atoms with Gasteiger partial charge in [0.05, 0.1) is 28.3 Å². The van der Waals surface area contributed by atoms with E-state index in [2.05, 4.69) is 5.32 Å². The normalized spacial score (nSPS) is 18.7. The van der Waals surface area contributed by atoms with Crippen molar-refractivity contribution in [3.63, 3.8) is 0 Å². The van der Waals surface area contributed by atoms with Crippen LogP contribution in [0.15, 0.2) is 77.6 Å². The number of carbonyl (C=O) groups excluding carboxylic acids is 3. The molecule has 6 rings (SSSR count). The second-order valence-corrected chi connectivity index (χ2v) is 10.9. The minimum atomic E-state index is -1.46. The number of ether oxygens (including phenoxy) is 1. The molecule has 3 amide bonds. The van der Waals surface area contributed by atoms with Crippen LogP contribution in [0.3, 0.4) is 0 Å². The Labute approximate surface area is 244 Å². The molecule has 0 aliphatic carbocycles. The number of hydrogen-bond donors (Lipinski definition) is 2. The number of anilines is 1. The first-order valence-corrected chi connectivity index (χ1v) is 13.8. The molecule has 3 heterocycles. The summed E-state index contributed by atoms with van der Waals surface area (Å²) >= 11 is 6.12. The van der Waals surface area contributed by atoms with Crippen LogP contribution in [-0.2, 0) is 21.6 Å². The number of nitrogens with zero attached hydrogens (tertiary/aromatic N) is 2. The van der Waals surface area contributed by atoms with Gasteiger partial charge in [-0.2, -0.15) is 0 Å². The summed E-state index contributed by atoms with van der Waals surface area (Å²) in [5.41, 5.74) is 5.46. The molecule has 9 nitrogen and oxygen atoms in total. The standard InChI is InChI=1S/C31H26ClFN4O5/c32-21-9-10-22-26(27(21)33)31(42-30(41)35-22)13-4-14-36(17-31)29(40)24(15-18-5-2-1-3-6-18)37-23-11-7-20(28(34)39)16-19(23)8-12-25(37)38/h1-3,5-12,16,24H,4,13-15,17H2,(H2,34,39)(H,35,41)/t24-,31-/m0/s1. The number of nitrogens with two attached hydrogens (primary N) is 1. The highest BCUT2D eigenvalue weighted by Crippen LogP contribution is 2.45. The van der Waals surface area contributed by atoms with Crippen LogP contribution in [0.4, 0.5) is 14.9 Å². The maximum atomic E-state index is 15.5. The zero-order chi connectivity index (χ0) is 29.6. The van der Waals surface area contributed by atoms with E-state index in [4.69, 9.17) is 22.1 Å². The van der Waals surface area contributed by atoms with Gasteiger partial charge in [-0.25, -0.2) is 9.18 Å². The van der Waals surface area contributed by atoms with Crippen LogP contribution in [0.1, 0.15) is 40.4 Å². The number of benzene rings is 3. The summed E-state index contributed by atoms with van der Waals surface area (Å²) in [5.74, 6) is -1.74. The largest absolute Gasteiger partial charge is 0.436 e. The van der Waals surface area contributed by atoms with Crippen LogP contribution in [0.5, 0.6) is 0 Å². The molecular weight excluding hydrogens is 563 g/mol. The Kier molecular flexibility index (Phi) is 6.94. The molecule has 1 fully saturated rings. The summed E-state index contributed by atoms with van der Waals surface area (Å²) in [7, 11) is 0. The first-order chi connectivity index (χ1) is 20.2. The van der Waals surface area contributed by atoms with Crippen LogP contribution in [-0.4, -0.2) is 40.5 Å². The van der Waals surface area contributed by atoms with Crippen molar-refractivity contribution >= 4 is 46.1 Å². The van der Waals surface area contributed by atoms with Crippen molar-refractivity contribution in [2.45, 2.75) is 30.9 Å². The molecule has 2 aliphatic heterocycles. The first kappa shape index (κ1) is 27.5. The van der Waals surface area contributed by atoms with Gasteiger partial charge in [0, 0.05) is 24.6 Å². The summed E-state index contributed by atoms with van der Waals surface area (Å²) in [6.45, 7) is 0.180. The van der Waals surface area contributed by atoms with Crippen molar-refractivity contribution in [3.8, 4) is 0 Å². The molecule has 3 N–H and O–H groups in total. The highest BCUT2D eigenvalue weighted by Gasteiger charge is 2.49. The van der Waals surface area contributed by atoms with Gasteiger partial charge in [0.15, 0.2) is 11.4 Å². The zero-order valence-corrected chi connectivity index (χ0v) is 23.1. The predicted molar refractivity (Wildman–Crippen MR) is 155 cm³/mol. The molecule has 2 aliphatic rings. The van der Waals surface area contributed by atoms with E-state index in [1.165, 1.54) is 33.7 Å². The molecule has 3 aromatic carbocycles. The first-order valence-electron chi connectivity index (χ1n) is 13.4. The van der Waals surface area contributed by atoms with Crippen molar-refractivity contribution in [1.29, 1.82) is 0 Å². The summed E-state index contributed by atoms with van der Waals surface area (Å²) in [4.78, 5) is 53.8. The number of aromatic nitrogens is 1. The Hall–Kier alpha value is -4.70. The molecule has 2 atom stereocenters. The Balaban J connectivity index is 1.45. The molecule has 0 bridgehead atoms. The van der Waals surface area contributed by atoms with Gasteiger partial charge in [-0.05, 0) is 60.2 Å². The van der Waals surface area contributed by atoms with Gasteiger partial charge in [0.2, 0.25) is 11.8 Å². The summed E-state index contributed by atoms with van der Waals surface area (Å²) in [5, 5.41) is 2.95. The lowest BCUT2D eigenvalue weighted by Crippen LogP contribution is -2.55. The maximum absolute atomic E-state index is 15.5. The molecule has 0 radical (unpaired) electrons. The van der Waals surface area contributed by atoms with Gasteiger partial charge < -0.3 is 15.4 Å². The lowest BCUT2D eigenvalue weighted by molar-refractivity contribution is -0.142. The molecule has 0 unspecified atom stereocenters. The van der Waals surface area contributed by atoms with E-state index >= 15 is 4.39 Å². The summed E-state index contributed by atoms with van der Waals surface area (Å²) in [6, 6.07) is 18.7. The van der Waals surface area contributed by atoms with Crippen LogP contribution < -0.4 is 16.6 Å². The van der Waals surface area contributed by atoms with Crippen molar-refractivity contribution in [3.05, 3.63) is 111 Å². The average Bonchev–Trinajstić information content (AvgIpc) is 2.98. The Morgan fingerprint density at radius 1 is 1.07 bits per heavy atom. The number of nitrogens with one attached hydrogen (secondary N) is 1. The van der Waals surface area contributed by atoms with Gasteiger partial charge in [0.25, 0.3) is 5.56 Å². The monoisotopic (exact) mass is 588 g/mol. The average molecular weight is 589 g/mol. The topological polar surface area (TPSA) is 124 Å². The predicted octanol–water partition coefficient (Wildman–Crippen LogP) is 4.76. The molecule has 214 valence electrons. The quantitative estimate of drug-likeness (QED) is 0.348. The number of hydrogen-bond acceptors (Lipinski definition) is 5. The van der Waals surface area contributed by atoms with Gasteiger partial charge >= 0.3 is 6.09 Å². The van der Waals surface area contributed by atoms with E-state index in [1.54, 1.807) is 18.2 Å². The van der Waals surface area contributed by atoms with Crippen molar-refractivity contribution < 1.29 is 23.5 Å². The second-order valence-electron chi connectivity index (χ2n) is 10.5. The zero-order valence-electron chi connectivity index (χ0n) is 22.3. The van der Waals surface area contributed by atoms with Gasteiger partial charge in [-0.1, -0.05) is 41.9 Å². The fourth-order valence-corrected chi connectivity index (χ4v) is 6.20. The SMILES string of the molecule is NC(=O)c1ccc2c(ccc(=O)n2[C@@H](Cc2ccccc2)C(=O)N2CCC[C@@]3(C2)OC(=O)Nc2ccc(Cl)c(F)c23)c1. The van der Waals surface area contributed by atoms with E-state index in [1.807, 2.05) is 30.3 Å². The third-order valence-corrected chi connectivity index (χ3v) is 8.22.